The highest BCUT2D eigenvalue weighted by atomic mass is 35.5. The molecule has 0 saturated heterocycles. The van der Waals surface area contributed by atoms with Crippen LogP contribution in [-0.2, 0) is 5.41 Å². The molecule has 0 spiro atoms. The molecule has 0 amide bonds. The number of phenolic OH excluding ortho intramolecular Hbond substituents is 1. The zero-order chi connectivity index (χ0) is 11.8. The summed E-state index contributed by atoms with van der Waals surface area (Å²) in [4.78, 5) is 0. The van der Waals surface area contributed by atoms with E-state index in [2.05, 4.69) is 6.07 Å². The average Bonchev–Trinajstić information content (AvgIpc) is 2.23. The van der Waals surface area contributed by atoms with Gasteiger partial charge < -0.3 is 9.84 Å². The molecule has 1 aliphatic rings. The lowest BCUT2D eigenvalue weighted by atomic mass is 9.65. The van der Waals surface area contributed by atoms with Crippen molar-refractivity contribution in [3.63, 3.8) is 0 Å². The lowest BCUT2D eigenvalue weighted by Crippen LogP contribution is -2.32. The monoisotopic (exact) mass is 237 g/mol. The standard InChI is InChI=1S/C12H12ClNO2/c1-16-11-8(3-4-9(15)10(11)13)12(7-14)5-2-6-12/h3-4,15H,2,5-6H2,1H3. The van der Waals surface area contributed by atoms with E-state index in [0.29, 0.717) is 5.75 Å². The Morgan fingerprint density at radius 2 is 2.19 bits per heavy atom. The van der Waals surface area contributed by atoms with Gasteiger partial charge in [-0.15, -0.1) is 0 Å². The SMILES string of the molecule is COc1c(C2(C#N)CCC2)ccc(O)c1Cl. The Balaban J connectivity index is 2.57. The van der Waals surface area contributed by atoms with Gasteiger partial charge in [0.1, 0.15) is 16.5 Å². The molecule has 1 fully saturated rings. The second kappa shape index (κ2) is 3.88. The molecule has 0 radical (unpaired) electrons. The lowest BCUT2D eigenvalue weighted by molar-refractivity contribution is 0.306. The Morgan fingerprint density at radius 3 is 2.62 bits per heavy atom. The zero-order valence-electron chi connectivity index (χ0n) is 8.96. The number of nitriles is 1. The lowest BCUT2D eigenvalue weighted by Gasteiger charge is -2.36. The Morgan fingerprint density at radius 1 is 1.50 bits per heavy atom. The summed E-state index contributed by atoms with van der Waals surface area (Å²) in [6, 6.07) is 5.57. The molecule has 4 heteroatoms. The molecule has 1 saturated carbocycles. The van der Waals surface area contributed by atoms with E-state index in [1.807, 2.05) is 0 Å². The Labute approximate surface area is 99.2 Å². The van der Waals surface area contributed by atoms with Crippen molar-refractivity contribution < 1.29 is 9.84 Å². The normalized spacial score (nSPS) is 17.3. The molecule has 1 aromatic rings. The second-order valence-electron chi connectivity index (χ2n) is 4.03. The molecule has 0 heterocycles. The van der Waals surface area contributed by atoms with Gasteiger partial charge in [-0.1, -0.05) is 11.6 Å². The predicted molar refractivity (Wildman–Crippen MR) is 60.8 cm³/mol. The van der Waals surface area contributed by atoms with Crippen LogP contribution in [0, 0.1) is 11.3 Å². The first-order valence-corrected chi connectivity index (χ1v) is 5.49. The van der Waals surface area contributed by atoms with Crippen LogP contribution in [0.25, 0.3) is 0 Å². The molecule has 0 aromatic heterocycles. The number of nitrogens with zero attached hydrogens (tertiary/aromatic N) is 1. The minimum Gasteiger partial charge on any atom is -0.506 e. The van der Waals surface area contributed by atoms with Gasteiger partial charge in [-0.3, -0.25) is 0 Å². The summed E-state index contributed by atoms with van der Waals surface area (Å²) in [6.07, 6.45) is 2.68. The molecule has 1 aromatic carbocycles. The summed E-state index contributed by atoms with van der Waals surface area (Å²) < 4.78 is 5.20. The van der Waals surface area contributed by atoms with Crippen LogP contribution in [-0.4, -0.2) is 12.2 Å². The van der Waals surface area contributed by atoms with Gasteiger partial charge in [0.15, 0.2) is 0 Å². The highest BCUT2D eigenvalue weighted by Gasteiger charge is 2.41. The van der Waals surface area contributed by atoms with Crippen LogP contribution in [0.15, 0.2) is 12.1 Å². The Kier molecular flexibility index (Phi) is 2.69. The van der Waals surface area contributed by atoms with Crippen molar-refractivity contribution in [3.8, 4) is 17.6 Å². The zero-order valence-corrected chi connectivity index (χ0v) is 9.71. The fraction of sp³-hybridized carbons (Fsp3) is 0.417. The van der Waals surface area contributed by atoms with E-state index >= 15 is 0 Å². The maximum atomic E-state index is 9.49. The van der Waals surface area contributed by atoms with Crippen molar-refractivity contribution in [2.75, 3.05) is 7.11 Å². The number of phenols is 1. The van der Waals surface area contributed by atoms with Crippen LogP contribution in [0.2, 0.25) is 5.02 Å². The number of ether oxygens (including phenoxy) is 1. The predicted octanol–water partition coefficient (Wildman–Crippen LogP) is 3.00. The summed E-state index contributed by atoms with van der Waals surface area (Å²) >= 11 is 5.96. The molecule has 0 aliphatic heterocycles. The third kappa shape index (κ3) is 1.42. The van der Waals surface area contributed by atoms with Crippen LogP contribution in [0.1, 0.15) is 24.8 Å². The summed E-state index contributed by atoms with van der Waals surface area (Å²) in [6.45, 7) is 0. The third-order valence-electron chi connectivity index (χ3n) is 3.22. The second-order valence-corrected chi connectivity index (χ2v) is 4.40. The van der Waals surface area contributed by atoms with Crippen LogP contribution < -0.4 is 4.74 Å². The van der Waals surface area contributed by atoms with E-state index < -0.39 is 5.41 Å². The minimum atomic E-state index is -0.483. The molecule has 1 aliphatic carbocycles. The van der Waals surface area contributed by atoms with Crippen LogP contribution in [0.5, 0.6) is 11.5 Å². The van der Waals surface area contributed by atoms with Gasteiger partial charge in [0.05, 0.1) is 18.6 Å². The van der Waals surface area contributed by atoms with Crippen molar-refractivity contribution in [1.29, 1.82) is 5.26 Å². The van der Waals surface area contributed by atoms with E-state index in [1.54, 1.807) is 6.07 Å². The van der Waals surface area contributed by atoms with Gasteiger partial charge in [-0.05, 0) is 31.4 Å². The first-order valence-electron chi connectivity index (χ1n) is 5.12. The van der Waals surface area contributed by atoms with Crippen molar-refractivity contribution in [2.45, 2.75) is 24.7 Å². The minimum absolute atomic E-state index is 0.0188. The van der Waals surface area contributed by atoms with Gasteiger partial charge in [0.2, 0.25) is 0 Å². The first kappa shape index (κ1) is 11.1. The summed E-state index contributed by atoms with van der Waals surface area (Å²) in [5.41, 5.74) is 0.300. The molecule has 3 nitrogen and oxygen atoms in total. The van der Waals surface area contributed by atoms with Gasteiger partial charge in [-0.2, -0.15) is 5.26 Å². The molecular weight excluding hydrogens is 226 g/mol. The molecule has 0 atom stereocenters. The fourth-order valence-electron chi connectivity index (χ4n) is 2.09. The molecule has 1 N–H and O–H groups in total. The van der Waals surface area contributed by atoms with Crippen molar-refractivity contribution >= 4 is 11.6 Å². The number of methoxy groups -OCH3 is 1. The highest BCUT2D eigenvalue weighted by Crippen LogP contribution is 2.50. The van der Waals surface area contributed by atoms with E-state index in [1.165, 1.54) is 13.2 Å². The van der Waals surface area contributed by atoms with E-state index in [4.69, 9.17) is 16.3 Å². The van der Waals surface area contributed by atoms with Crippen LogP contribution >= 0.6 is 11.6 Å². The average molecular weight is 238 g/mol. The summed E-state index contributed by atoms with van der Waals surface area (Å²) in [7, 11) is 1.49. The smallest absolute Gasteiger partial charge is 0.146 e. The molecule has 84 valence electrons. The maximum Gasteiger partial charge on any atom is 0.146 e. The number of halogens is 1. The number of aromatic hydroxyl groups is 1. The first-order chi connectivity index (χ1) is 7.64. The molecule has 0 unspecified atom stereocenters. The summed E-state index contributed by atoms with van der Waals surface area (Å²) in [5.74, 6) is 0.401. The molecular formula is C12H12ClNO2. The van der Waals surface area contributed by atoms with Gasteiger partial charge in [-0.25, -0.2) is 0 Å². The van der Waals surface area contributed by atoms with Crippen molar-refractivity contribution in [2.24, 2.45) is 0 Å². The van der Waals surface area contributed by atoms with Crippen LogP contribution in [0.4, 0.5) is 0 Å². The van der Waals surface area contributed by atoms with Gasteiger partial charge in [0, 0.05) is 5.56 Å². The Bertz CT molecular complexity index is 461. The number of hydrogen-bond acceptors (Lipinski definition) is 3. The number of benzene rings is 1. The largest absolute Gasteiger partial charge is 0.506 e. The van der Waals surface area contributed by atoms with E-state index in [-0.39, 0.29) is 10.8 Å². The van der Waals surface area contributed by atoms with Crippen LogP contribution in [0.3, 0.4) is 0 Å². The third-order valence-corrected chi connectivity index (χ3v) is 3.58. The highest BCUT2D eigenvalue weighted by molar-refractivity contribution is 6.33. The fourth-order valence-corrected chi connectivity index (χ4v) is 2.34. The van der Waals surface area contributed by atoms with Gasteiger partial charge in [0.25, 0.3) is 0 Å². The number of rotatable bonds is 2. The van der Waals surface area contributed by atoms with E-state index in [0.717, 1.165) is 24.8 Å². The van der Waals surface area contributed by atoms with Crippen molar-refractivity contribution in [3.05, 3.63) is 22.7 Å². The topological polar surface area (TPSA) is 53.2 Å². The molecule has 2 rings (SSSR count). The van der Waals surface area contributed by atoms with Crippen molar-refractivity contribution in [1.82, 2.24) is 0 Å². The van der Waals surface area contributed by atoms with Gasteiger partial charge >= 0.3 is 0 Å². The molecule has 16 heavy (non-hydrogen) atoms. The number of hydrogen-bond donors (Lipinski definition) is 1. The quantitative estimate of drug-likeness (QED) is 0.860. The van der Waals surface area contributed by atoms with E-state index in [9.17, 15) is 10.4 Å². The maximum absolute atomic E-state index is 9.49. The molecule has 0 bridgehead atoms. The summed E-state index contributed by atoms with van der Waals surface area (Å²) in [5, 5.41) is 18.9. The Hall–Kier alpha value is -1.40.